The van der Waals surface area contributed by atoms with E-state index in [2.05, 4.69) is 0 Å². The zero-order valence-corrected chi connectivity index (χ0v) is 12.6. The van der Waals surface area contributed by atoms with E-state index >= 15 is 0 Å². The highest BCUT2D eigenvalue weighted by Gasteiger charge is 2.47. The first-order valence-corrected chi connectivity index (χ1v) is 7.14. The highest BCUT2D eigenvalue weighted by Crippen LogP contribution is 2.38. The van der Waals surface area contributed by atoms with Crippen molar-refractivity contribution in [1.82, 2.24) is 4.90 Å². The van der Waals surface area contributed by atoms with E-state index < -0.39 is 11.5 Å². The highest BCUT2D eigenvalue weighted by atomic mass is 16.5. The molecule has 1 aliphatic rings. The van der Waals surface area contributed by atoms with Crippen LogP contribution in [0.5, 0.6) is 5.75 Å². The van der Waals surface area contributed by atoms with Gasteiger partial charge in [-0.2, -0.15) is 0 Å². The fraction of sp³-hybridized carbons (Fsp3) is 0.500. The molecule has 0 spiro atoms. The van der Waals surface area contributed by atoms with Crippen molar-refractivity contribution in [1.29, 1.82) is 0 Å². The third-order valence-corrected chi connectivity index (χ3v) is 3.77. The van der Waals surface area contributed by atoms with Crippen LogP contribution in [0.25, 0.3) is 0 Å². The van der Waals surface area contributed by atoms with Crippen LogP contribution < -0.4 is 4.74 Å². The first kappa shape index (κ1) is 15.4. The van der Waals surface area contributed by atoms with Crippen LogP contribution in [0, 0.1) is 0 Å². The number of hydrogen-bond donors (Lipinski definition) is 1. The van der Waals surface area contributed by atoms with Crippen LogP contribution in [0.1, 0.15) is 39.2 Å². The molecule has 0 aliphatic heterocycles. The van der Waals surface area contributed by atoms with E-state index in [1.165, 1.54) is 4.90 Å². The van der Waals surface area contributed by atoms with Gasteiger partial charge in [-0.1, -0.05) is 12.1 Å². The Balaban J connectivity index is 2.33. The summed E-state index contributed by atoms with van der Waals surface area (Å²) >= 11 is 0. The number of ether oxygens (including phenoxy) is 1. The molecular weight excluding hydrogens is 270 g/mol. The third kappa shape index (κ3) is 3.01. The quantitative estimate of drug-likeness (QED) is 0.783. The lowest BCUT2D eigenvalue weighted by Gasteiger charge is -2.36. The lowest BCUT2D eigenvalue weighted by molar-refractivity contribution is -0.155. The minimum absolute atomic E-state index is 0.0233. The molecule has 0 bridgehead atoms. The molecule has 1 unspecified atom stereocenters. The van der Waals surface area contributed by atoms with Gasteiger partial charge >= 0.3 is 5.97 Å². The van der Waals surface area contributed by atoms with Gasteiger partial charge in [-0.15, -0.1) is 0 Å². The van der Waals surface area contributed by atoms with E-state index in [1.807, 2.05) is 13.8 Å². The number of hydrogen-bond acceptors (Lipinski definition) is 3. The van der Waals surface area contributed by atoms with Gasteiger partial charge in [0, 0.05) is 6.04 Å². The van der Waals surface area contributed by atoms with Crippen molar-refractivity contribution < 1.29 is 19.4 Å². The number of nitrogens with zero attached hydrogens (tertiary/aromatic N) is 1. The molecule has 0 aromatic heterocycles. The largest absolute Gasteiger partial charge is 0.491 e. The van der Waals surface area contributed by atoms with Crippen LogP contribution in [0.15, 0.2) is 24.3 Å². The molecule has 1 saturated carbocycles. The Bertz CT molecular complexity index is 522. The Morgan fingerprint density at radius 2 is 1.95 bits per heavy atom. The van der Waals surface area contributed by atoms with Gasteiger partial charge in [0.05, 0.1) is 6.10 Å². The lowest BCUT2D eigenvalue weighted by Crippen LogP contribution is -2.50. The van der Waals surface area contributed by atoms with Crippen LogP contribution >= 0.6 is 0 Å². The Hall–Kier alpha value is -2.04. The first-order chi connectivity index (χ1) is 9.89. The average Bonchev–Trinajstić information content (AvgIpc) is 3.23. The summed E-state index contributed by atoms with van der Waals surface area (Å²) in [7, 11) is 0. The maximum absolute atomic E-state index is 11.8. The normalized spacial score (nSPS) is 17.1. The van der Waals surface area contributed by atoms with Gasteiger partial charge in [-0.25, -0.2) is 4.79 Å². The monoisotopic (exact) mass is 291 g/mol. The van der Waals surface area contributed by atoms with Gasteiger partial charge in [0.25, 0.3) is 0 Å². The second-order valence-corrected chi connectivity index (χ2v) is 5.81. The second-order valence-electron chi connectivity index (χ2n) is 5.81. The lowest BCUT2D eigenvalue weighted by atomic mass is 9.90. The fourth-order valence-corrected chi connectivity index (χ4v) is 2.42. The molecule has 114 valence electrons. The van der Waals surface area contributed by atoms with Gasteiger partial charge in [0.2, 0.25) is 6.41 Å². The molecule has 1 atom stereocenters. The topological polar surface area (TPSA) is 66.8 Å². The Kier molecular flexibility index (Phi) is 4.21. The van der Waals surface area contributed by atoms with Crippen molar-refractivity contribution in [2.24, 2.45) is 0 Å². The molecule has 1 aliphatic carbocycles. The molecule has 5 nitrogen and oxygen atoms in total. The predicted molar refractivity (Wildman–Crippen MR) is 78.1 cm³/mol. The molecule has 0 saturated heterocycles. The Labute approximate surface area is 124 Å². The number of carbonyl (C=O) groups is 2. The fourth-order valence-electron chi connectivity index (χ4n) is 2.42. The van der Waals surface area contributed by atoms with Gasteiger partial charge < -0.3 is 14.7 Å². The van der Waals surface area contributed by atoms with E-state index in [0.29, 0.717) is 17.7 Å². The van der Waals surface area contributed by atoms with Crippen LogP contribution in [-0.4, -0.2) is 34.5 Å². The highest BCUT2D eigenvalue weighted by molar-refractivity contribution is 5.83. The Morgan fingerprint density at radius 3 is 2.33 bits per heavy atom. The molecule has 0 heterocycles. The SMILES string of the molecule is CC(C)Oc1ccc(C(C)(C(=O)O)N(C=O)C2CC2)cc1. The number of benzene rings is 1. The number of amides is 1. The molecule has 1 aromatic carbocycles. The molecule has 1 fully saturated rings. The Morgan fingerprint density at radius 1 is 1.38 bits per heavy atom. The summed E-state index contributed by atoms with van der Waals surface area (Å²) in [5.41, 5.74) is -0.774. The zero-order valence-electron chi connectivity index (χ0n) is 12.6. The molecule has 5 heteroatoms. The van der Waals surface area contributed by atoms with E-state index in [9.17, 15) is 14.7 Å². The van der Waals surface area contributed by atoms with Crippen molar-refractivity contribution in [3.63, 3.8) is 0 Å². The van der Waals surface area contributed by atoms with Gasteiger partial charge in [0.1, 0.15) is 5.75 Å². The van der Waals surface area contributed by atoms with Crippen molar-refractivity contribution >= 4 is 12.4 Å². The molecule has 1 aromatic rings. The molecule has 0 radical (unpaired) electrons. The summed E-state index contributed by atoms with van der Waals surface area (Å²) in [6.07, 6.45) is 2.41. The number of carbonyl (C=O) groups excluding carboxylic acids is 1. The van der Waals surface area contributed by atoms with Gasteiger partial charge in [0.15, 0.2) is 5.54 Å². The summed E-state index contributed by atoms with van der Waals surface area (Å²) in [6.45, 7) is 5.42. The van der Waals surface area contributed by atoms with E-state index in [1.54, 1.807) is 31.2 Å². The predicted octanol–water partition coefficient (Wildman–Crippen LogP) is 2.39. The van der Waals surface area contributed by atoms with Crippen LogP contribution in [0.2, 0.25) is 0 Å². The molecular formula is C16H21NO4. The molecule has 1 amide bonds. The standard InChI is InChI=1S/C16H21NO4/c1-11(2)21-14-8-4-12(5-9-14)16(3,15(19)20)17(10-18)13-6-7-13/h4-5,8-11,13H,6-7H2,1-3H3,(H,19,20). The summed E-state index contributed by atoms with van der Waals surface area (Å²) in [4.78, 5) is 24.6. The smallest absolute Gasteiger partial charge is 0.334 e. The number of aliphatic carboxylic acids is 1. The van der Waals surface area contributed by atoms with Crippen LogP contribution in [0.3, 0.4) is 0 Å². The molecule has 1 N–H and O–H groups in total. The molecule has 21 heavy (non-hydrogen) atoms. The summed E-state index contributed by atoms with van der Waals surface area (Å²) < 4.78 is 5.56. The minimum atomic E-state index is -1.35. The van der Waals surface area contributed by atoms with Crippen LogP contribution in [0.4, 0.5) is 0 Å². The van der Waals surface area contributed by atoms with E-state index in [-0.39, 0.29) is 12.1 Å². The van der Waals surface area contributed by atoms with Crippen molar-refractivity contribution in [2.75, 3.05) is 0 Å². The molecule has 2 rings (SSSR count). The number of rotatable bonds is 7. The summed E-state index contributed by atoms with van der Waals surface area (Å²) in [5.74, 6) is -0.343. The maximum Gasteiger partial charge on any atom is 0.334 e. The number of carboxylic acids is 1. The van der Waals surface area contributed by atoms with Crippen LogP contribution in [-0.2, 0) is 15.1 Å². The second kappa shape index (κ2) is 5.76. The third-order valence-electron chi connectivity index (χ3n) is 3.77. The van der Waals surface area contributed by atoms with Gasteiger partial charge in [-0.3, -0.25) is 4.79 Å². The van der Waals surface area contributed by atoms with Crippen molar-refractivity contribution in [2.45, 2.75) is 51.3 Å². The van der Waals surface area contributed by atoms with Crippen molar-refractivity contribution in [3.8, 4) is 5.75 Å². The maximum atomic E-state index is 11.8. The zero-order chi connectivity index (χ0) is 15.6. The summed E-state index contributed by atoms with van der Waals surface area (Å²) in [5, 5.41) is 9.65. The van der Waals surface area contributed by atoms with E-state index in [4.69, 9.17) is 4.74 Å². The van der Waals surface area contributed by atoms with Gasteiger partial charge in [-0.05, 0) is 51.3 Å². The number of carboxylic acid groups (broad SMARTS) is 1. The average molecular weight is 291 g/mol. The summed E-state index contributed by atoms with van der Waals surface area (Å²) in [6, 6.07) is 6.93. The van der Waals surface area contributed by atoms with E-state index in [0.717, 1.165) is 12.8 Å². The first-order valence-electron chi connectivity index (χ1n) is 7.14. The van der Waals surface area contributed by atoms with Crippen molar-refractivity contribution in [3.05, 3.63) is 29.8 Å². The minimum Gasteiger partial charge on any atom is -0.491 e.